The molecular formula is C16H21NO4. The van der Waals surface area contributed by atoms with Crippen LogP contribution in [-0.2, 0) is 4.74 Å². The molecule has 5 nitrogen and oxygen atoms in total. The van der Waals surface area contributed by atoms with Crippen LogP contribution in [0.5, 0.6) is 11.5 Å². The Bertz CT molecular complexity index is 511. The molecule has 2 heterocycles. The maximum atomic E-state index is 12.3. The average Bonchev–Trinajstić information content (AvgIpc) is 2.92. The predicted octanol–water partition coefficient (Wildman–Crippen LogP) is 2.15. The first kappa shape index (κ1) is 14.2. The van der Waals surface area contributed by atoms with E-state index in [1.54, 1.807) is 18.2 Å². The monoisotopic (exact) mass is 291 g/mol. The summed E-state index contributed by atoms with van der Waals surface area (Å²) < 4.78 is 16.8. The van der Waals surface area contributed by atoms with Crippen molar-refractivity contribution in [3.8, 4) is 11.5 Å². The summed E-state index contributed by atoms with van der Waals surface area (Å²) in [6.45, 7) is 4.03. The SMILES string of the molecule is C[C@H](NC(=O)c1ccc2c(c1)OCCCO2)[C@H]1CCCO1. The van der Waals surface area contributed by atoms with E-state index >= 15 is 0 Å². The lowest BCUT2D eigenvalue weighted by atomic mass is 10.1. The molecule has 1 fully saturated rings. The minimum absolute atomic E-state index is 0.0102. The van der Waals surface area contributed by atoms with Crippen molar-refractivity contribution in [3.05, 3.63) is 23.8 Å². The zero-order valence-corrected chi connectivity index (χ0v) is 12.3. The molecule has 5 heteroatoms. The van der Waals surface area contributed by atoms with Crippen LogP contribution in [0, 0.1) is 0 Å². The normalized spacial score (nSPS) is 22.4. The Labute approximate surface area is 124 Å². The fraction of sp³-hybridized carbons (Fsp3) is 0.562. The van der Waals surface area contributed by atoms with E-state index in [0.29, 0.717) is 30.3 Å². The van der Waals surface area contributed by atoms with Crippen molar-refractivity contribution in [1.82, 2.24) is 5.32 Å². The van der Waals surface area contributed by atoms with Crippen LogP contribution in [0.2, 0.25) is 0 Å². The Morgan fingerprint density at radius 3 is 2.76 bits per heavy atom. The standard InChI is InChI=1S/C16H21NO4/c1-11(13-4-2-7-19-13)17-16(18)12-5-6-14-15(10-12)21-9-3-8-20-14/h5-6,10-11,13H,2-4,7-9H2,1H3,(H,17,18)/t11-,13+/m0/s1. The van der Waals surface area contributed by atoms with Crippen LogP contribution in [0.25, 0.3) is 0 Å². The summed E-state index contributed by atoms with van der Waals surface area (Å²) >= 11 is 0. The molecule has 1 amide bonds. The van der Waals surface area contributed by atoms with Crippen molar-refractivity contribution < 1.29 is 19.0 Å². The second-order valence-corrected chi connectivity index (χ2v) is 5.53. The second kappa shape index (κ2) is 6.35. The summed E-state index contributed by atoms with van der Waals surface area (Å²) in [5.41, 5.74) is 0.587. The molecule has 2 aliphatic heterocycles. The van der Waals surface area contributed by atoms with Gasteiger partial charge in [0.2, 0.25) is 0 Å². The van der Waals surface area contributed by atoms with Gasteiger partial charge >= 0.3 is 0 Å². The maximum absolute atomic E-state index is 12.3. The number of amides is 1. The van der Waals surface area contributed by atoms with E-state index in [1.807, 2.05) is 6.92 Å². The van der Waals surface area contributed by atoms with E-state index in [-0.39, 0.29) is 18.1 Å². The molecule has 3 rings (SSSR count). The number of carbonyl (C=O) groups excluding carboxylic acids is 1. The van der Waals surface area contributed by atoms with Crippen molar-refractivity contribution in [2.24, 2.45) is 0 Å². The minimum Gasteiger partial charge on any atom is -0.490 e. The molecule has 21 heavy (non-hydrogen) atoms. The number of carbonyl (C=O) groups is 1. The van der Waals surface area contributed by atoms with Crippen molar-refractivity contribution in [2.75, 3.05) is 19.8 Å². The van der Waals surface area contributed by atoms with Gasteiger partial charge in [-0.25, -0.2) is 0 Å². The van der Waals surface area contributed by atoms with Gasteiger partial charge in [0.1, 0.15) is 0 Å². The van der Waals surface area contributed by atoms with Crippen molar-refractivity contribution in [3.63, 3.8) is 0 Å². The second-order valence-electron chi connectivity index (χ2n) is 5.53. The summed E-state index contributed by atoms with van der Waals surface area (Å²) in [5, 5.41) is 3.00. The van der Waals surface area contributed by atoms with Crippen LogP contribution in [0.1, 0.15) is 36.5 Å². The predicted molar refractivity (Wildman–Crippen MR) is 78.0 cm³/mol. The van der Waals surface area contributed by atoms with Gasteiger partial charge in [-0.15, -0.1) is 0 Å². The summed E-state index contributed by atoms with van der Waals surface area (Å²) in [6.07, 6.45) is 3.04. The van der Waals surface area contributed by atoms with Gasteiger partial charge in [-0.1, -0.05) is 0 Å². The number of hydrogen-bond donors (Lipinski definition) is 1. The van der Waals surface area contributed by atoms with E-state index in [1.165, 1.54) is 0 Å². The largest absolute Gasteiger partial charge is 0.490 e. The summed E-state index contributed by atoms with van der Waals surface area (Å²) in [4.78, 5) is 12.3. The van der Waals surface area contributed by atoms with Gasteiger partial charge in [0, 0.05) is 18.6 Å². The fourth-order valence-electron chi connectivity index (χ4n) is 2.68. The maximum Gasteiger partial charge on any atom is 0.251 e. The van der Waals surface area contributed by atoms with E-state index in [9.17, 15) is 4.79 Å². The van der Waals surface area contributed by atoms with Crippen LogP contribution in [-0.4, -0.2) is 37.9 Å². The lowest BCUT2D eigenvalue weighted by Gasteiger charge is -2.20. The minimum atomic E-state index is -0.103. The number of ether oxygens (including phenoxy) is 3. The molecule has 0 radical (unpaired) electrons. The highest BCUT2D eigenvalue weighted by Gasteiger charge is 2.24. The lowest BCUT2D eigenvalue weighted by Crippen LogP contribution is -2.40. The van der Waals surface area contributed by atoms with E-state index in [0.717, 1.165) is 25.9 Å². The van der Waals surface area contributed by atoms with Crippen LogP contribution in [0.15, 0.2) is 18.2 Å². The lowest BCUT2D eigenvalue weighted by molar-refractivity contribution is 0.0712. The Morgan fingerprint density at radius 1 is 1.19 bits per heavy atom. The highest BCUT2D eigenvalue weighted by atomic mass is 16.5. The first-order valence-electron chi connectivity index (χ1n) is 7.56. The van der Waals surface area contributed by atoms with E-state index in [2.05, 4.69) is 5.32 Å². The third-order valence-electron chi connectivity index (χ3n) is 3.89. The molecule has 2 atom stereocenters. The van der Waals surface area contributed by atoms with E-state index < -0.39 is 0 Å². The summed E-state index contributed by atoms with van der Waals surface area (Å²) in [7, 11) is 0. The first-order valence-corrected chi connectivity index (χ1v) is 7.56. The van der Waals surface area contributed by atoms with Crippen LogP contribution >= 0.6 is 0 Å². The number of nitrogens with one attached hydrogen (secondary N) is 1. The van der Waals surface area contributed by atoms with Crippen molar-refractivity contribution in [2.45, 2.75) is 38.3 Å². The number of fused-ring (bicyclic) bond motifs is 1. The highest BCUT2D eigenvalue weighted by molar-refractivity contribution is 5.95. The molecule has 1 saturated heterocycles. The summed E-state index contributed by atoms with van der Waals surface area (Å²) in [6, 6.07) is 5.33. The van der Waals surface area contributed by atoms with Crippen LogP contribution in [0.4, 0.5) is 0 Å². The molecule has 0 aromatic heterocycles. The quantitative estimate of drug-likeness (QED) is 0.927. The molecule has 114 valence electrons. The molecule has 1 N–H and O–H groups in total. The summed E-state index contributed by atoms with van der Waals surface area (Å²) in [5.74, 6) is 1.25. The zero-order chi connectivity index (χ0) is 14.7. The van der Waals surface area contributed by atoms with Gasteiger partial charge in [-0.3, -0.25) is 4.79 Å². The Balaban J connectivity index is 1.68. The Hall–Kier alpha value is -1.75. The molecular weight excluding hydrogens is 270 g/mol. The van der Waals surface area contributed by atoms with Gasteiger partial charge in [0.15, 0.2) is 11.5 Å². The van der Waals surface area contributed by atoms with Gasteiger partial charge in [0.05, 0.1) is 25.4 Å². The molecule has 0 unspecified atom stereocenters. The van der Waals surface area contributed by atoms with Crippen LogP contribution < -0.4 is 14.8 Å². The van der Waals surface area contributed by atoms with Gasteiger partial charge < -0.3 is 19.5 Å². The van der Waals surface area contributed by atoms with Crippen molar-refractivity contribution >= 4 is 5.91 Å². The van der Waals surface area contributed by atoms with Crippen molar-refractivity contribution in [1.29, 1.82) is 0 Å². The highest BCUT2D eigenvalue weighted by Crippen LogP contribution is 2.30. The number of benzene rings is 1. The smallest absolute Gasteiger partial charge is 0.251 e. The van der Waals surface area contributed by atoms with Gasteiger partial charge in [0.25, 0.3) is 5.91 Å². The topological polar surface area (TPSA) is 56.8 Å². The molecule has 0 spiro atoms. The van der Waals surface area contributed by atoms with Gasteiger partial charge in [-0.05, 0) is 38.0 Å². The first-order chi connectivity index (χ1) is 10.2. The van der Waals surface area contributed by atoms with Gasteiger partial charge in [-0.2, -0.15) is 0 Å². The Morgan fingerprint density at radius 2 is 2.00 bits per heavy atom. The zero-order valence-electron chi connectivity index (χ0n) is 12.3. The van der Waals surface area contributed by atoms with E-state index in [4.69, 9.17) is 14.2 Å². The Kier molecular flexibility index (Phi) is 4.29. The number of rotatable bonds is 3. The third kappa shape index (κ3) is 3.29. The molecule has 2 aliphatic rings. The fourth-order valence-corrected chi connectivity index (χ4v) is 2.68. The molecule has 1 aromatic rings. The molecule has 0 saturated carbocycles. The molecule has 1 aromatic carbocycles. The third-order valence-corrected chi connectivity index (χ3v) is 3.89. The number of hydrogen-bond acceptors (Lipinski definition) is 4. The molecule has 0 bridgehead atoms. The molecule has 0 aliphatic carbocycles. The average molecular weight is 291 g/mol. The van der Waals surface area contributed by atoms with Crippen LogP contribution in [0.3, 0.4) is 0 Å².